The standard InChI is InChI=1S/C7H16S3Se2.C6H6N2O2SSe/c8-1-3-11-6-7(5-10)12-4-2-9;9-3-7-5-1-12-2-6(11-5)8-4-10/h7-10H,1-6H2;5-6H,1-2H2. The van der Waals surface area contributed by atoms with Crippen LogP contribution in [0.4, 0.5) is 0 Å². The number of hydrogen-bond donors (Lipinski definition) is 3. The van der Waals surface area contributed by atoms with Gasteiger partial charge in [0.25, 0.3) is 0 Å². The van der Waals surface area contributed by atoms with E-state index in [0.717, 1.165) is 62.6 Å². The van der Waals surface area contributed by atoms with Crippen LogP contribution < -0.4 is 0 Å². The van der Waals surface area contributed by atoms with Crippen LogP contribution in [0.25, 0.3) is 0 Å². The van der Waals surface area contributed by atoms with Gasteiger partial charge in [0.05, 0.1) is 0 Å². The molecular weight excluding hydrogens is 581 g/mol. The van der Waals surface area contributed by atoms with Crippen molar-refractivity contribution in [2.75, 3.05) is 17.3 Å². The molecule has 1 heterocycles. The van der Waals surface area contributed by atoms with Gasteiger partial charge in [-0.05, 0) is 0 Å². The van der Waals surface area contributed by atoms with Crippen LogP contribution in [0.15, 0.2) is 9.98 Å². The first kappa shape index (κ1) is 25.7. The van der Waals surface area contributed by atoms with Gasteiger partial charge in [-0.25, -0.2) is 0 Å². The normalized spacial score (nSPS) is 20.8. The summed E-state index contributed by atoms with van der Waals surface area (Å²) in [5.74, 6) is 3.17. The molecule has 3 atom stereocenters. The fourth-order valence-electron chi connectivity index (χ4n) is 1.43. The molecule has 0 saturated carbocycles. The summed E-state index contributed by atoms with van der Waals surface area (Å²) in [6.07, 6.45) is 3.05. The maximum atomic E-state index is 9.93. The van der Waals surface area contributed by atoms with E-state index in [-0.39, 0.29) is 10.7 Å². The second-order valence-electron chi connectivity index (χ2n) is 4.22. The van der Waals surface area contributed by atoms with E-state index in [2.05, 4.69) is 47.9 Å². The number of aliphatic imine (C=N–C) groups is 2. The van der Waals surface area contributed by atoms with Crippen molar-refractivity contribution in [3.8, 4) is 0 Å². The number of rotatable bonds is 10. The van der Waals surface area contributed by atoms with Crippen LogP contribution in [0.1, 0.15) is 0 Å². The second-order valence-corrected chi connectivity index (χ2v) is 14.5. The first-order valence-corrected chi connectivity index (χ1v) is 17.0. The molecule has 0 bridgehead atoms. The molecule has 4 nitrogen and oxygen atoms in total. The zero-order valence-electron chi connectivity index (χ0n) is 13.1. The Morgan fingerprint density at radius 1 is 1.08 bits per heavy atom. The molecule has 0 aromatic carbocycles. The van der Waals surface area contributed by atoms with E-state index >= 15 is 0 Å². The monoisotopic (exact) mass is 606 g/mol. The van der Waals surface area contributed by atoms with Gasteiger partial charge in [-0.1, -0.05) is 0 Å². The van der Waals surface area contributed by atoms with E-state index in [1.54, 1.807) is 0 Å². The molecule has 1 rings (SSSR count). The molecule has 24 heavy (non-hydrogen) atoms. The average Bonchev–Trinajstić information content (AvgIpc) is 2.59. The molecule has 0 amide bonds. The topological polar surface area (TPSA) is 58.9 Å². The van der Waals surface area contributed by atoms with Gasteiger partial charge in [-0.2, -0.15) is 0 Å². The number of thiol groups is 3. The number of carbonyl (C=O) groups excluding carboxylic acids is 2. The van der Waals surface area contributed by atoms with E-state index in [4.69, 9.17) is 0 Å². The summed E-state index contributed by atoms with van der Waals surface area (Å²) < 4.78 is 0. The molecule has 0 radical (unpaired) electrons. The van der Waals surface area contributed by atoms with Crippen molar-refractivity contribution in [1.29, 1.82) is 0 Å². The Morgan fingerprint density at radius 3 is 2.12 bits per heavy atom. The summed E-state index contributed by atoms with van der Waals surface area (Å²) in [5.41, 5.74) is 0. The molecule has 1 aliphatic rings. The second kappa shape index (κ2) is 19.5. The number of nitrogens with zero attached hydrogens (tertiary/aromatic N) is 2. The Morgan fingerprint density at radius 2 is 1.67 bits per heavy atom. The van der Waals surface area contributed by atoms with Crippen LogP contribution in [-0.4, -0.2) is 85.0 Å². The summed E-state index contributed by atoms with van der Waals surface area (Å²) in [6.45, 7) is 0. The molecular formula is C13H22N2O2S4Se3. The summed E-state index contributed by atoms with van der Waals surface area (Å²) in [7, 11) is 0. The third-order valence-electron chi connectivity index (χ3n) is 2.42. The van der Waals surface area contributed by atoms with E-state index in [1.165, 1.54) is 39.9 Å². The zero-order valence-corrected chi connectivity index (χ0v) is 21.7. The predicted octanol–water partition coefficient (Wildman–Crippen LogP) is 2.83. The van der Waals surface area contributed by atoms with E-state index in [0.29, 0.717) is 15.0 Å². The minimum atomic E-state index is -0.0432. The molecule has 1 saturated heterocycles. The quantitative estimate of drug-likeness (QED) is 0.118. The Kier molecular flexibility index (Phi) is 20.9. The summed E-state index contributed by atoms with van der Waals surface area (Å²) >= 11 is 16.3. The van der Waals surface area contributed by atoms with Crippen LogP contribution in [0.2, 0.25) is 31.4 Å². The number of thioether (sulfide) groups is 1. The van der Waals surface area contributed by atoms with Crippen molar-refractivity contribution in [2.24, 2.45) is 9.98 Å². The third-order valence-corrected chi connectivity index (χ3v) is 15.7. The minimum absolute atomic E-state index is 0.0432. The molecule has 138 valence electrons. The van der Waals surface area contributed by atoms with Crippen LogP contribution in [-0.2, 0) is 9.59 Å². The molecule has 0 N–H and O–H groups in total. The van der Waals surface area contributed by atoms with E-state index < -0.39 is 0 Å². The van der Waals surface area contributed by atoms with Gasteiger partial charge in [0, 0.05) is 0 Å². The fourth-order valence-corrected chi connectivity index (χ4v) is 12.7. The van der Waals surface area contributed by atoms with Crippen molar-refractivity contribution in [3.05, 3.63) is 0 Å². The first-order valence-electron chi connectivity index (χ1n) is 7.10. The first-order chi connectivity index (χ1) is 11.7. The summed E-state index contributed by atoms with van der Waals surface area (Å²) in [5, 5.41) is 5.80. The van der Waals surface area contributed by atoms with Gasteiger partial charge < -0.3 is 0 Å². The van der Waals surface area contributed by atoms with Crippen molar-refractivity contribution in [3.63, 3.8) is 0 Å². The van der Waals surface area contributed by atoms with Crippen LogP contribution in [0.3, 0.4) is 0 Å². The van der Waals surface area contributed by atoms with Crippen molar-refractivity contribution >= 4 is 107 Å². The fraction of sp³-hybridized carbons (Fsp3) is 0.846. The average molecular weight is 603 g/mol. The van der Waals surface area contributed by atoms with Gasteiger partial charge in [0.15, 0.2) is 0 Å². The Balaban J connectivity index is 0.000000441. The van der Waals surface area contributed by atoms with Crippen LogP contribution >= 0.6 is 49.6 Å². The molecule has 1 fully saturated rings. The Hall–Kier alpha value is 1.72. The van der Waals surface area contributed by atoms with Gasteiger partial charge >= 0.3 is 186 Å². The summed E-state index contributed by atoms with van der Waals surface area (Å²) in [6, 6.07) is 0. The van der Waals surface area contributed by atoms with Gasteiger partial charge in [-0.3, -0.25) is 0 Å². The SMILES string of the molecule is O=C=NC1C[Se]CC(N=C=O)S1.SCC[Se]CC(CS)[Se]CCS. The molecule has 1 aliphatic heterocycles. The van der Waals surface area contributed by atoms with Crippen LogP contribution in [0, 0.1) is 0 Å². The Bertz CT molecular complexity index is 387. The Labute approximate surface area is 184 Å². The van der Waals surface area contributed by atoms with Gasteiger partial charge in [-0.15, -0.1) is 0 Å². The molecule has 0 aromatic rings. The predicted molar refractivity (Wildman–Crippen MR) is 118 cm³/mol. The molecule has 0 spiro atoms. The van der Waals surface area contributed by atoms with Crippen molar-refractivity contribution in [1.82, 2.24) is 0 Å². The van der Waals surface area contributed by atoms with E-state index in [9.17, 15) is 9.59 Å². The molecule has 0 aliphatic carbocycles. The molecule has 11 heteroatoms. The zero-order chi connectivity index (χ0) is 18.0. The number of hydrogen-bond acceptors (Lipinski definition) is 8. The summed E-state index contributed by atoms with van der Waals surface area (Å²) in [4.78, 5) is 28.0. The number of isocyanates is 2. The van der Waals surface area contributed by atoms with Crippen molar-refractivity contribution in [2.45, 2.75) is 42.2 Å². The maximum absolute atomic E-state index is 9.93. The third kappa shape index (κ3) is 14.8. The molecule has 3 unspecified atom stereocenters. The van der Waals surface area contributed by atoms with Crippen molar-refractivity contribution < 1.29 is 9.59 Å². The van der Waals surface area contributed by atoms with Gasteiger partial charge in [0.2, 0.25) is 0 Å². The molecule has 0 aromatic heterocycles. The van der Waals surface area contributed by atoms with Gasteiger partial charge in [0.1, 0.15) is 0 Å². The van der Waals surface area contributed by atoms with E-state index in [1.807, 2.05) is 0 Å². The van der Waals surface area contributed by atoms with Crippen LogP contribution in [0.5, 0.6) is 0 Å².